The Kier molecular flexibility index (Phi) is 5.70. The molecule has 1 heterocycles. The summed E-state index contributed by atoms with van der Waals surface area (Å²) in [6.45, 7) is 0.834. The van der Waals surface area contributed by atoms with Crippen molar-refractivity contribution in [1.82, 2.24) is 5.32 Å². The van der Waals surface area contributed by atoms with Gasteiger partial charge in [0, 0.05) is 29.1 Å². The third-order valence-corrected chi connectivity index (χ3v) is 4.14. The van der Waals surface area contributed by atoms with E-state index in [2.05, 4.69) is 32.7 Å². The molecule has 1 atom stereocenters. The maximum atomic E-state index is 5.05. The van der Waals surface area contributed by atoms with Crippen molar-refractivity contribution in [3.8, 4) is 0 Å². The Morgan fingerprint density at radius 1 is 1.64 bits per heavy atom. The lowest BCUT2D eigenvalue weighted by Crippen LogP contribution is -2.16. The molecule has 0 fully saturated rings. The standard InChI is InChI=1S/C10H16BrNOS/c1-12-9(4-3-6-13-2)10-8(11)5-7-14-10/h5,7,9,12H,3-4,6H2,1-2H3. The highest BCUT2D eigenvalue weighted by molar-refractivity contribution is 9.10. The van der Waals surface area contributed by atoms with Gasteiger partial charge in [-0.25, -0.2) is 0 Å². The first-order valence-electron chi connectivity index (χ1n) is 4.68. The molecule has 80 valence electrons. The average molecular weight is 278 g/mol. The minimum absolute atomic E-state index is 0.444. The first-order chi connectivity index (χ1) is 6.79. The van der Waals surface area contributed by atoms with Crippen LogP contribution in [0.3, 0.4) is 0 Å². The van der Waals surface area contributed by atoms with Gasteiger partial charge in [0.1, 0.15) is 0 Å². The van der Waals surface area contributed by atoms with E-state index in [1.54, 1.807) is 18.4 Å². The summed E-state index contributed by atoms with van der Waals surface area (Å²) in [7, 11) is 3.75. The number of methoxy groups -OCH3 is 1. The molecule has 0 aromatic carbocycles. The highest BCUT2D eigenvalue weighted by Gasteiger charge is 2.13. The Balaban J connectivity index is 2.50. The molecule has 4 heteroatoms. The summed E-state index contributed by atoms with van der Waals surface area (Å²) in [4.78, 5) is 1.38. The van der Waals surface area contributed by atoms with Crippen LogP contribution in [-0.2, 0) is 4.74 Å². The fourth-order valence-electron chi connectivity index (χ4n) is 1.39. The van der Waals surface area contributed by atoms with Crippen molar-refractivity contribution in [3.63, 3.8) is 0 Å². The van der Waals surface area contributed by atoms with E-state index in [9.17, 15) is 0 Å². The molecule has 1 unspecified atom stereocenters. The molecule has 1 N–H and O–H groups in total. The molecular weight excluding hydrogens is 262 g/mol. The van der Waals surface area contributed by atoms with E-state index >= 15 is 0 Å². The van der Waals surface area contributed by atoms with Crippen molar-refractivity contribution in [2.75, 3.05) is 20.8 Å². The van der Waals surface area contributed by atoms with Crippen molar-refractivity contribution in [1.29, 1.82) is 0 Å². The second-order valence-corrected chi connectivity index (χ2v) is 4.91. The molecule has 14 heavy (non-hydrogen) atoms. The second-order valence-electron chi connectivity index (χ2n) is 3.11. The second kappa shape index (κ2) is 6.56. The number of thiophene rings is 1. The number of ether oxygens (including phenoxy) is 1. The monoisotopic (exact) mass is 277 g/mol. The molecule has 0 bridgehead atoms. The largest absolute Gasteiger partial charge is 0.385 e. The van der Waals surface area contributed by atoms with Gasteiger partial charge in [0.2, 0.25) is 0 Å². The molecule has 0 amide bonds. The number of hydrogen-bond acceptors (Lipinski definition) is 3. The van der Waals surface area contributed by atoms with E-state index in [1.807, 2.05) is 7.05 Å². The highest BCUT2D eigenvalue weighted by Crippen LogP contribution is 2.31. The SMILES string of the molecule is CNC(CCCOC)c1sccc1Br. The molecule has 0 saturated heterocycles. The van der Waals surface area contributed by atoms with E-state index in [1.165, 1.54) is 9.35 Å². The first kappa shape index (κ1) is 12.2. The minimum atomic E-state index is 0.444. The van der Waals surface area contributed by atoms with Crippen LogP contribution in [0, 0.1) is 0 Å². The zero-order valence-corrected chi connectivity index (χ0v) is 11.0. The van der Waals surface area contributed by atoms with Gasteiger partial charge in [-0.05, 0) is 47.3 Å². The molecule has 0 aliphatic rings. The van der Waals surface area contributed by atoms with Crippen molar-refractivity contribution in [2.24, 2.45) is 0 Å². The van der Waals surface area contributed by atoms with E-state index in [-0.39, 0.29) is 0 Å². The minimum Gasteiger partial charge on any atom is -0.385 e. The van der Waals surface area contributed by atoms with Crippen LogP contribution < -0.4 is 5.32 Å². The van der Waals surface area contributed by atoms with Crippen LogP contribution in [0.1, 0.15) is 23.8 Å². The van der Waals surface area contributed by atoms with E-state index in [0.29, 0.717) is 6.04 Å². The lowest BCUT2D eigenvalue weighted by molar-refractivity contribution is 0.189. The van der Waals surface area contributed by atoms with Crippen LogP contribution in [0.2, 0.25) is 0 Å². The normalized spacial score (nSPS) is 13.1. The van der Waals surface area contributed by atoms with Crippen LogP contribution >= 0.6 is 27.3 Å². The van der Waals surface area contributed by atoms with Crippen molar-refractivity contribution >= 4 is 27.3 Å². The van der Waals surface area contributed by atoms with Crippen LogP contribution in [0.4, 0.5) is 0 Å². The smallest absolute Gasteiger partial charge is 0.0462 e. The van der Waals surface area contributed by atoms with Gasteiger partial charge < -0.3 is 10.1 Å². The van der Waals surface area contributed by atoms with Gasteiger partial charge in [0.15, 0.2) is 0 Å². The Morgan fingerprint density at radius 3 is 2.93 bits per heavy atom. The molecule has 0 radical (unpaired) electrons. The lowest BCUT2D eigenvalue weighted by atomic mass is 10.1. The number of halogens is 1. The van der Waals surface area contributed by atoms with Gasteiger partial charge in [-0.2, -0.15) is 0 Å². The molecule has 0 spiro atoms. The van der Waals surface area contributed by atoms with Crippen molar-refractivity contribution in [3.05, 3.63) is 20.8 Å². The van der Waals surface area contributed by atoms with E-state index in [4.69, 9.17) is 4.74 Å². The Labute approximate surface area is 97.8 Å². The quantitative estimate of drug-likeness (QED) is 0.807. The van der Waals surface area contributed by atoms with Crippen LogP contribution in [-0.4, -0.2) is 20.8 Å². The maximum absolute atomic E-state index is 5.05. The summed E-state index contributed by atoms with van der Waals surface area (Å²) < 4.78 is 6.26. The summed E-state index contributed by atoms with van der Waals surface area (Å²) in [6.07, 6.45) is 2.20. The lowest BCUT2D eigenvalue weighted by Gasteiger charge is -2.14. The zero-order valence-electron chi connectivity index (χ0n) is 8.55. The van der Waals surface area contributed by atoms with Gasteiger partial charge in [-0.3, -0.25) is 0 Å². The highest BCUT2D eigenvalue weighted by atomic mass is 79.9. The summed E-state index contributed by atoms with van der Waals surface area (Å²) in [5.41, 5.74) is 0. The van der Waals surface area contributed by atoms with E-state index in [0.717, 1.165) is 19.4 Å². The van der Waals surface area contributed by atoms with Crippen molar-refractivity contribution in [2.45, 2.75) is 18.9 Å². The molecule has 1 aromatic heterocycles. The summed E-state index contributed by atoms with van der Waals surface area (Å²) in [5.74, 6) is 0. The van der Waals surface area contributed by atoms with Gasteiger partial charge in [-0.1, -0.05) is 0 Å². The topological polar surface area (TPSA) is 21.3 Å². The predicted molar refractivity (Wildman–Crippen MR) is 64.9 cm³/mol. The summed E-state index contributed by atoms with van der Waals surface area (Å²) >= 11 is 5.35. The van der Waals surface area contributed by atoms with E-state index < -0.39 is 0 Å². The molecule has 0 aliphatic heterocycles. The summed E-state index contributed by atoms with van der Waals surface area (Å²) in [5, 5.41) is 5.44. The van der Waals surface area contributed by atoms with Gasteiger partial charge in [-0.15, -0.1) is 11.3 Å². The zero-order chi connectivity index (χ0) is 10.4. The number of nitrogens with one attached hydrogen (secondary N) is 1. The molecule has 2 nitrogen and oxygen atoms in total. The maximum Gasteiger partial charge on any atom is 0.0462 e. The van der Waals surface area contributed by atoms with Crippen LogP contribution in [0.5, 0.6) is 0 Å². The van der Waals surface area contributed by atoms with Gasteiger partial charge in [0.05, 0.1) is 0 Å². The van der Waals surface area contributed by atoms with Crippen LogP contribution in [0.15, 0.2) is 15.9 Å². The predicted octanol–water partition coefficient (Wildman–Crippen LogP) is 3.20. The fourth-order valence-corrected chi connectivity index (χ4v) is 3.19. The molecule has 0 aliphatic carbocycles. The van der Waals surface area contributed by atoms with Crippen molar-refractivity contribution < 1.29 is 4.74 Å². The Bertz CT molecular complexity index is 264. The first-order valence-corrected chi connectivity index (χ1v) is 6.36. The van der Waals surface area contributed by atoms with Gasteiger partial charge in [0.25, 0.3) is 0 Å². The fraction of sp³-hybridized carbons (Fsp3) is 0.600. The van der Waals surface area contributed by atoms with Crippen LogP contribution in [0.25, 0.3) is 0 Å². The molecular formula is C10H16BrNOS. The third kappa shape index (κ3) is 3.35. The Hall–Kier alpha value is 0.100. The van der Waals surface area contributed by atoms with Gasteiger partial charge >= 0.3 is 0 Å². The number of hydrogen-bond donors (Lipinski definition) is 1. The average Bonchev–Trinajstić information content (AvgIpc) is 2.60. The molecule has 1 rings (SSSR count). The summed E-state index contributed by atoms with van der Waals surface area (Å²) in [6, 6.07) is 2.54. The third-order valence-electron chi connectivity index (χ3n) is 2.15. The molecule has 0 saturated carbocycles. The Morgan fingerprint density at radius 2 is 2.43 bits per heavy atom. The molecule has 1 aromatic rings. The number of rotatable bonds is 6.